The van der Waals surface area contributed by atoms with Crippen LogP contribution in [0.1, 0.15) is 19.8 Å². The first-order valence-corrected chi connectivity index (χ1v) is 8.26. The first-order valence-electron chi connectivity index (χ1n) is 6.65. The van der Waals surface area contributed by atoms with Gasteiger partial charge in [-0.3, -0.25) is 10.3 Å². The molecule has 1 atom stereocenters. The molecule has 1 aliphatic heterocycles. The molecule has 0 aliphatic carbocycles. The fourth-order valence-corrected chi connectivity index (χ4v) is 3.64. The monoisotopic (exact) mass is 330 g/mol. The van der Waals surface area contributed by atoms with Crippen LogP contribution in [0.4, 0.5) is 13.2 Å². The third-order valence-corrected chi connectivity index (χ3v) is 5.48. The SMILES string of the molecule is CC(C(=N)N)N1CCN(S(=O)(=O)CCCC(F)(F)F)CC1. The van der Waals surface area contributed by atoms with Crippen LogP contribution in [0, 0.1) is 5.41 Å². The van der Waals surface area contributed by atoms with E-state index in [2.05, 4.69) is 0 Å². The lowest BCUT2D eigenvalue weighted by Gasteiger charge is -2.36. The zero-order valence-corrected chi connectivity index (χ0v) is 12.7. The fourth-order valence-electron chi connectivity index (χ4n) is 2.15. The summed E-state index contributed by atoms with van der Waals surface area (Å²) in [6.45, 7) is 3.02. The minimum absolute atomic E-state index is 0.0106. The van der Waals surface area contributed by atoms with E-state index < -0.39 is 34.8 Å². The van der Waals surface area contributed by atoms with Gasteiger partial charge in [0.15, 0.2) is 0 Å². The highest BCUT2D eigenvalue weighted by atomic mass is 32.2. The van der Waals surface area contributed by atoms with Crippen molar-refractivity contribution in [1.82, 2.24) is 9.21 Å². The van der Waals surface area contributed by atoms with E-state index in [-0.39, 0.29) is 25.0 Å². The van der Waals surface area contributed by atoms with Gasteiger partial charge in [0, 0.05) is 32.6 Å². The number of rotatable bonds is 6. The summed E-state index contributed by atoms with van der Waals surface area (Å²) in [5.41, 5.74) is 5.40. The Morgan fingerprint density at radius 3 is 2.24 bits per heavy atom. The quantitative estimate of drug-likeness (QED) is 0.551. The van der Waals surface area contributed by atoms with Crippen LogP contribution in [0.15, 0.2) is 0 Å². The van der Waals surface area contributed by atoms with E-state index in [4.69, 9.17) is 11.1 Å². The van der Waals surface area contributed by atoms with Gasteiger partial charge in [-0.1, -0.05) is 0 Å². The first kappa shape index (κ1) is 18.2. The molecule has 1 heterocycles. The number of piperazine rings is 1. The number of nitrogens with zero attached hydrogens (tertiary/aromatic N) is 2. The lowest BCUT2D eigenvalue weighted by Crippen LogP contribution is -2.54. The summed E-state index contributed by atoms with van der Waals surface area (Å²) in [6.07, 6.45) is -5.84. The number of nitrogens with one attached hydrogen (secondary N) is 1. The summed E-state index contributed by atoms with van der Waals surface area (Å²) >= 11 is 0. The summed E-state index contributed by atoms with van der Waals surface area (Å²) in [7, 11) is -3.65. The van der Waals surface area contributed by atoms with E-state index in [1.54, 1.807) is 6.92 Å². The van der Waals surface area contributed by atoms with Gasteiger partial charge in [-0.2, -0.15) is 17.5 Å². The molecule has 0 aromatic heterocycles. The second-order valence-electron chi connectivity index (χ2n) is 5.10. The smallest absolute Gasteiger partial charge is 0.386 e. The van der Waals surface area contributed by atoms with Gasteiger partial charge in [-0.25, -0.2) is 8.42 Å². The zero-order chi connectivity index (χ0) is 16.3. The molecule has 1 fully saturated rings. The number of sulfonamides is 1. The topological polar surface area (TPSA) is 90.5 Å². The van der Waals surface area contributed by atoms with E-state index in [9.17, 15) is 21.6 Å². The van der Waals surface area contributed by atoms with Crippen molar-refractivity contribution in [2.75, 3.05) is 31.9 Å². The normalized spacial score (nSPS) is 20.4. The van der Waals surface area contributed by atoms with Gasteiger partial charge in [0.05, 0.1) is 11.8 Å². The number of hydrogen-bond acceptors (Lipinski definition) is 4. The minimum Gasteiger partial charge on any atom is -0.386 e. The van der Waals surface area contributed by atoms with E-state index in [1.165, 1.54) is 4.31 Å². The molecular weight excluding hydrogens is 309 g/mol. The van der Waals surface area contributed by atoms with E-state index in [0.29, 0.717) is 13.1 Å². The lowest BCUT2D eigenvalue weighted by molar-refractivity contribution is -0.134. The number of hydrogen-bond donors (Lipinski definition) is 2. The largest absolute Gasteiger partial charge is 0.389 e. The molecule has 1 unspecified atom stereocenters. The molecule has 0 spiro atoms. The van der Waals surface area contributed by atoms with Crippen molar-refractivity contribution in [3.63, 3.8) is 0 Å². The van der Waals surface area contributed by atoms with Crippen LogP contribution in [0.3, 0.4) is 0 Å². The molecule has 0 amide bonds. The van der Waals surface area contributed by atoms with E-state index in [1.807, 2.05) is 4.90 Å². The summed E-state index contributed by atoms with van der Waals surface area (Å²) < 4.78 is 61.3. The molecule has 1 rings (SSSR count). The van der Waals surface area contributed by atoms with Crippen molar-refractivity contribution >= 4 is 15.9 Å². The Labute approximate surface area is 122 Å². The van der Waals surface area contributed by atoms with Gasteiger partial charge in [0.2, 0.25) is 10.0 Å². The number of halogens is 3. The van der Waals surface area contributed by atoms with Crippen molar-refractivity contribution < 1.29 is 21.6 Å². The van der Waals surface area contributed by atoms with Crippen molar-refractivity contribution in [1.29, 1.82) is 5.41 Å². The van der Waals surface area contributed by atoms with Crippen molar-refractivity contribution in [3.8, 4) is 0 Å². The minimum atomic E-state index is -4.33. The third-order valence-electron chi connectivity index (χ3n) is 3.53. The molecule has 0 radical (unpaired) electrons. The third kappa shape index (κ3) is 5.79. The van der Waals surface area contributed by atoms with E-state index >= 15 is 0 Å². The summed E-state index contributed by atoms with van der Waals surface area (Å²) in [5.74, 6) is -0.481. The second kappa shape index (κ2) is 6.93. The molecule has 124 valence electrons. The molecular formula is C11H21F3N4O2S. The van der Waals surface area contributed by atoms with Crippen LogP contribution in [-0.4, -0.2) is 67.6 Å². The first-order chi connectivity index (χ1) is 9.53. The number of nitrogens with two attached hydrogens (primary N) is 1. The van der Waals surface area contributed by atoms with Gasteiger partial charge in [-0.05, 0) is 13.3 Å². The molecule has 0 aromatic carbocycles. The predicted octanol–water partition coefficient (Wildman–Crippen LogP) is 0.601. The molecule has 1 aliphatic rings. The molecule has 0 bridgehead atoms. The van der Waals surface area contributed by atoms with Crippen molar-refractivity contribution in [2.24, 2.45) is 5.73 Å². The molecule has 6 nitrogen and oxygen atoms in total. The highest BCUT2D eigenvalue weighted by Crippen LogP contribution is 2.22. The van der Waals surface area contributed by atoms with Crippen LogP contribution in [0.2, 0.25) is 0 Å². The number of amidine groups is 1. The molecule has 10 heteroatoms. The average Bonchev–Trinajstić information content (AvgIpc) is 2.36. The summed E-state index contributed by atoms with van der Waals surface area (Å²) in [5, 5.41) is 7.36. The van der Waals surface area contributed by atoms with Crippen LogP contribution in [0.5, 0.6) is 0 Å². The lowest BCUT2D eigenvalue weighted by atomic mass is 10.2. The van der Waals surface area contributed by atoms with Gasteiger partial charge in [0.1, 0.15) is 5.84 Å². The standard InChI is InChI=1S/C11H21F3N4O2S/c1-9(10(15)16)17-4-6-18(7-5-17)21(19,20)8-2-3-11(12,13)14/h9H,2-8H2,1H3,(H3,15,16). The molecule has 3 N–H and O–H groups in total. The number of alkyl halides is 3. The fraction of sp³-hybridized carbons (Fsp3) is 0.909. The Bertz CT molecular complexity index is 459. The Balaban J connectivity index is 2.47. The van der Waals surface area contributed by atoms with Gasteiger partial charge in [-0.15, -0.1) is 0 Å². The Morgan fingerprint density at radius 1 is 1.29 bits per heavy atom. The van der Waals surface area contributed by atoms with Gasteiger partial charge >= 0.3 is 6.18 Å². The second-order valence-corrected chi connectivity index (χ2v) is 7.19. The highest BCUT2D eigenvalue weighted by Gasteiger charge is 2.31. The molecule has 21 heavy (non-hydrogen) atoms. The van der Waals surface area contributed by atoms with Crippen LogP contribution in [-0.2, 0) is 10.0 Å². The Kier molecular flexibility index (Phi) is 6.00. The van der Waals surface area contributed by atoms with Gasteiger partial charge in [0.25, 0.3) is 0 Å². The van der Waals surface area contributed by atoms with Crippen LogP contribution in [0.25, 0.3) is 0 Å². The summed E-state index contributed by atoms with van der Waals surface area (Å²) in [6, 6.07) is -0.264. The summed E-state index contributed by atoms with van der Waals surface area (Å²) in [4.78, 5) is 1.88. The van der Waals surface area contributed by atoms with E-state index in [0.717, 1.165) is 0 Å². The van der Waals surface area contributed by atoms with Gasteiger partial charge < -0.3 is 5.73 Å². The molecule has 0 saturated carbocycles. The van der Waals surface area contributed by atoms with Crippen LogP contribution < -0.4 is 5.73 Å². The van der Waals surface area contributed by atoms with Crippen molar-refractivity contribution in [3.05, 3.63) is 0 Å². The maximum atomic E-state index is 12.0. The highest BCUT2D eigenvalue weighted by molar-refractivity contribution is 7.89. The molecule has 0 aromatic rings. The zero-order valence-electron chi connectivity index (χ0n) is 11.9. The Hall–Kier alpha value is -0.870. The molecule has 1 saturated heterocycles. The van der Waals surface area contributed by atoms with Crippen molar-refractivity contribution in [2.45, 2.75) is 32.0 Å². The average molecular weight is 330 g/mol. The van der Waals surface area contributed by atoms with Crippen LogP contribution >= 0.6 is 0 Å². The Morgan fingerprint density at radius 2 is 1.81 bits per heavy atom. The predicted molar refractivity (Wildman–Crippen MR) is 73.6 cm³/mol. The maximum absolute atomic E-state index is 12.0. The maximum Gasteiger partial charge on any atom is 0.389 e.